The fourth-order valence-electron chi connectivity index (χ4n) is 1.18. The van der Waals surface area contributed by atoms with E-state index in [0.29, 0.717) is 22.0 Å². The van der Waals surface area contributed by atoms with Gasteiger partial charge in [-0.15, -0.1) is 0 Å². The van der Waals surface area contributed by atoms with Crippen molar-refractivity contribution in [2.75, 3.05) is 7.11 Å². The summed E-state index contributed by atoms with van der Waals surface area (Å²) >= 11 is 11.6. The molecule has 0 bridgehead atoms. The highest BCUT2D eigenvalue weighted by Gasteiger charge is 2.13. The molecule has 0 saturated heterocycles. The van der Waals surface area contributed by atoms with Crippen LogP contribution in [0.4, 0.5) is 0 Å². The minimum atomic E-state index is -0.389. The van der Waals surface area contributed by atoms with E-state index in [-0.39, 0.29) is 5.97 Å². The third-order valence-electron chi connectivity index (χ3n) is 1.93. The zero-order valence-corrected chi connectivity index (χ0v) is 9.45. The Morgan fingerprint density at radius 2 is 1.93 bits per heavy atom. The van der Waals surface area contributed by atoms with Gasteiger partial charge >= 0.3 is 5.97 Å². The predicted octanol–water partition coefficient (Wildman–Crippen LogP) is 3.34. The van der Waals surface area contributed by atoms with E-state index in [2.05, 4.69) is 4.74 Å². The van der Waals surface area contributed by atoms with Crippen molar-refractivity contribution in [1.82, 2.24) is 0 Å². The van der Waals surface area contributed by atoms with E-state index < -0.39 is 0 Å². The molecule has 0 heterocycles. The normalized spacial score (nSPS) is 10.0. The summed E-state index contributed by atoms with van der Waals surface area (Å²) in [5, 5.41) is 0.820. The maximum atomic E-state index is 11.3. The standard InChI is InChI=1S/C10H10Cl2O2/c1-3-6-4-8(11)9(12)5-7(6)10(13)14-2/h4-5H,3H2,1-2H3. The van der Waals surface area contributed by atoms with Gasteiger partial charge in [-0.05, 0) is 24.1 Å². The Hall–Kier alpha value is -0.730. The molecule has 0 aliphatic carbocycles. The second-order valence-electron chi connectivity index (χ2n) is 2.77. The summed E-state index contributed by atoms with van der Waals surface area (Å²) < 4.78 is 4.63. The van der Waals surface area contributed by atoms with Crippen LogP contribution in [-0.2, 0) is 11.2 Å². The van der Waals surface area contributed by atoms with Gasteiger partial charge in [-0.25, -0.2) is 4.79 Å². The van der Waals surface area contributed by atoms with Crippen LogP contribution in [0.15, 0.2) is 12.1 Å². The first-order chi connectivity index (χ1) is 6.60. The van der Waals surface area contributed by atoms with Gasteiger partial charge < -0.3 is 4.74 Å². The van der Waals surface area contributed by atoms with Crippen LogP contribution in [-0.4, -0.2) is 13.1 Å². The van der Waals surface area contributed by atoms with E-state index in [0.717, 1.165) is 5.56 Å². The molecule has 0 spiro atoms. The lowest BCUT2D eigenvalue weighted by Crippen LogP contribution is -2.05. The van der Waals surface area contributed by atoms with E-state index in [1.807, 2.05) is 6.92 Å². The Bertz CT molecular complexity index is 361. The maximum Gasteiger partial charge on any atom is 0.338 e. The second kappa shape index (κ2) is 4.67. The van der Waals surface area contributed by atoms with Crippen LogP contribution in [0.5, 0.6) is 0 Å². The summed E-state index contributed by atoms with van der Waals surface area (Å²) in [5.74, 6) is -0.389. The zero-order chi connectivity index (χ0) is 10.7. The van der Waals surface area contributed by atoms with Gasteiger partial charge in [-0.3, -0.25) is 0 Å². The quantitative estimate of drug-likeness (QED) is 0.732. The Kier molecular flexibility index (Phi) is 3.78. The first-order valence-corrected chi connectivity index (χ1v) is 4.92. The molecule has 1 aromatic rings. The number of aryl methyl sites for hydroxylation is 1. The SMILES string of the molecule is CCc1cc(Cl)c(Cl)cc1C(=O)OC. The van der Waals surface area contributed by atoms with E-state index in [1.165, 1.54) is 13.2 Å². The summed E-state index contributed by atoms with van der Waals surface area (Å²) in [5.41, 5.74) is 1.32. The van der Waals surface area contributed by atoms with Crippen LogP contribution in [0.1, 0.15) is 22.8 Å². The van der Waals surface area contributed by atoms with E-state index in [1.54, 1.807) is 6.07 Å². The van der Waals surface area contributed by atoms with Crippen LogP contribution in [0.2, 0.25) is 10.0 Å². The van der Waals surface area contributed by atoms with Crippen LogP contribution in [0.25, 0.3) is 0 Å². The lowest BCUT2D eigenvalue weighted by atomic mass is 10.1. The topological polar surface area (TPSA) is 26.3 Å². The van der Waals surface area contributed by atoms with Crippen LogP contribution >= 0.6 is 23.2 Å². The number of esters is 1. The molecule has 0 atom stereocenters. The Morgan fingerprint density at radius 3 is 2.43 bits per heavy atom. The molecule has 14 heavy (non-hydrogen) atoms. The molecule has 0 fully saturated rings. The number of hydrogen-bond acceptors (Lipinski definition) is 2. The highest BCUT2D eigenvalue weighted by atomic mass is 35.5. The van der Waals surface area contributed by atoms with Gasteiger partial charge in [-0.1, -0.05) is 30.1 Å². The van der Waals surface area contributed by atoms with Crippen molar-refractivity contribution in [3.63, 3.8) is 0 Å². The summed E-state index contributed by atoms with van der Waals surface area (Å²) in [6, 6.07) is 3.23. The molecule has 1 aromatic carbocycles. The van der Waals surface area contributed by atoms with Crippen molar-refractivity contribution >= 4 is 29.2 Å². The number of benzene rings is 1. The summed E-state index contributed by atoms with van der Waals surface area (Å²) in [7, 11) is 1.34. The molecule has 0 saturated carbocycles. The van der Waals surface area contributed by atoms with Gasteiger partial charge in [0.15, 0.2) is 0 Å². The first kappa shape index (κ1) is 11.3. The monoisotopic (exact) mass is 232 g/mol. The number of carbonyl (C=O) groups excluding carboxylic acids is 1. The van der Waals surface area contributed by atoms with Crippen LogP contribution < -0.4 is 0 Å². The van der Waals surface area contributed by atoms with Crippen molar-refractivity contribution in [3.05, 3.63) is 33.3 Å². The number of hydrogen-bond donors (Lipinski definition) is 0. The minimum Gasteiger partial charge on any atom is -0.465 e. The van der Waals surface area contributed by atoms with Crippen LogP contribution in [0, 0.1) is 0 Å². The predicted molar refractivity (Wildman–Crippen MR) is 57.2 cm³/mol. The smallest absolute Gasteiger partial charge is 0.338 e. The van der Waals surface area contributed by atoms with Crippen molar-refractivity contribution < 1.29 is 9.53 Å². The lowest BCUT2D eigenvalue weighted by Gasteiger charge is -2.07. The van der Waals surface area contributed by atoms with Gasteiger partial charge in [0, 0.05) is 0 Å². The highest BCUT2D eigenvalue weighted by Crippen LogP contribution is 2.26. The van der Waals surface area contributed by atoms with Crippen molar-refractivity contribution in [2.24, 2.45) is 0 Å². The highest BCUT2D eigenvalue weighted by molar-refractivity contribution is 6.42. The molecule has 4 heteroatoms. The molecule has 1 rings (SSSR count). The molecule has 0 unspecified atom stereocenters. The third-order valence-corrected chi connectivity index (χ3v) is 2.65. The van der Waals surface area contributed by atoms with Crippen molar-refractivity contribution in [3.8, 4) is 0 Å². The number of halogens is 2. The zero-order valence-electron chi connectivity index (χ0n) is 7.93. The molecule has 0 amide bonds. The fraction of sp³-hybridized carbons (Fsp3) is 0.300. The van der Waals surface area contributed by atoms with Crippen molar-refractivity contribution in [2.45, 2.75) is 13.3 Å². The fourth-order valence-corrected chi connectivity index (χ4v) is 1.53. The lowest BCUT2D eigenvalue weighted by molar-refractivity contribution is 0.0599. The van der Waals surface area contributed by atoms with Gasteiger partial charge in [-0.2, -0.15) is 0 Å². The number of carbonyl (C=O) groups is 1. The maximum absolute atomic E-state index is 11.3. The summed E-state index contributed by atoms with van der Waals surface area (Å²) in [6.07, 6.45) is 0.710. The van der Waals surface area contributed by atoms with Gasteiger partial charge in [0.25, 0.3) is 0 Å². The molecule has 0 N–H and O–H groups in total. The molecule has 2 nitrogen and oxygen atoms in total. The van der Waals surface area contributed by atoms with E-state index in [9.17, 15) is 4.79 Å². The third kappa shape index (κ3) is 2.20. The molecule has 0 aliphatic rings. The summed E-state index contributed by atoms with van der Waals surface area (Å²) in [6.45, 7) is 1.94. The largest absolute Gasteiger partial charge is 0.465 e. The Morgan fingerprint density at radius 1 is 1.36 bits per heavy atom. The van der Waals surface area contributed by atoms with Gasteiger partial charge in [0.2, 0.25) is 0 Å². The molecule has 0 aromatic heterocycles. The number of ether oxygens (including phenoxy) is 1. The molecule has 0 aliphatic heterocycles. The first-order valence-electron chi connectivity index (χ1n) is 4.16. The van der Waals surface area contributed by atoms with E-state index >= 15 is 0 Å². The molecular formula is C10H10Cl2O2. The average molecular weight is 233 g/mol. The Balaban J connectivity index is 3.27. The minimum absolute atomic E-state index is 0.365. The molecule has 0 radical (unpaired) electrons. The summed E-state index contributed by atoms with van der Waals surface area (Å²) in [4.78, 5) is 11.3. The number of methoxy groups -OCH3 is 1. The van der Waals surface area contributed by atoms with E-state index in [4.69, 9.17) is 23.2 Å². The molecule has 76 valence electrons. The Labute approximate surface area is 92.8 Å². The average Bonchev–Trinajstić information content (AvgIpc) is 2.20. The van der Waals surface area contributed by atoms with Gasteiger partial charge in [0.1, 0.15) is 0 Å². The van der Waals surface area contributed by atoms with Crippen molar-refractivity contribution in [1.29, 1.82) is 0 Å². The second-order valence-corrected chi connectivity index (χ2v) is 3.58. The van der Waals surface area contributed by atoms with Crippen LogP contribution in [0.3, 0.4) is 0 Å². The van der Waals surface area contributed by atoms with Gasteiger partial charge in [0.05, 0.1) is 22.7 Å². The molecular weight excluding hydrogens is 223 g/mol. The number of rotatable bonds is 2.